The minimum absolute atomic E-state index is 0.0310. The Morgan fingerprint density at radius 2 is 1.05 bits per heavy atom. The molecule has 0 amide bonds. The van der Waals surface area contributed by atoms with Crippen LogP contribution in [-0.4, -0.2) is 71.7 Å². The highest BCUT2D eigenvalue weighted by Gasteiger charge is 2.38. The molecule has 0 bridgehead atoms. The van der Waals surface area contributed by atoms with Gasteiger partial charge in [0, 0.05) is 13.1 Å². The number of carbonyl (C=O) groups excluding carboxylic acids is 2. The summed E-state index contributed by atoms with van der Waals surface area (Å²) in [6.07, 6.45) is 0. The van der Waals surface area contributed by atoms with Gasteiger partial charge < -0.3 is 24.1 Å². The van der Waals surface area contributed by atoms with Gasteiger partial charge in [-0.05, 0) is 52.7 Å². The number of carbonyl (C=O) groups is 2. The average Bonchev–Trinajstić information content (AvgIpc) is 2.82. The predicted molar refractivity (Wildman–Crippen MR) is 145 cm³/mol. The van der Waals surface area contributed by atoms with Crippen molar-refractivity contribution in [3.8, 4) is 0 Å². The van der Waals surface area contributed by atoms with E-state index in [1.54, 1.807) is 41.5 Å². The zero-order valence-electron chi connectivity index (χ0n) is 23.6. The van der Waals surface area contributed by atoms with Crippen molar-refractivity contribution >= 4 is 11.9 Å². The number of ether oxygens (including phenoxy) is 4. The van der Waals surface area contributed by atoms with E-state index in [1.807, 2.05) is 60.7 Å². The summed E-state index contributed by atoms with van der Waals surface area (Å²) in [6, 6.07) is 19.7. The van der Waals surface area contributed by atoms with E-state index in [0.29, 0.717) is 13.1 Å². The fraction of sp³-hybridized carbons (Fsp3) is 0.533. The van der Waals surface area contributed by atoms with Gasteiger partial charge in [-0.15, -0.1) is 0 Å². The Morgan fingerprint density at radius 1 is 0.684 bits per heavy atom. The molecule has 0 radical (unpaired) electrons. The standard InChI is InChI=1S/C30H43NO7/c1-28(2,3)37-26(33)19-35-22-30(21-32,23-36-20-27(34)38-29(4,5)6)31(17-24-13-9-7-10-14-24)18-25-15-11-8-12-16-25/h7-16,32H,17-23H2,1-6H3. The maximum atomic E-state index is 12.3. The van der Waals surface area contributed by atoms with E-state index in [9.17, 15) is 14.7 Å². The van der Waals surface area contributed by atoms with Crippen LogP contribution in [0.1, 0.15) is 52.7 Å². The molecule has 2 aromatic carbocycles. The van der Waals surface area contributed by atoms with Crippen molar-refractivity contribution in [3.63, 3.8) is 0 Å². The summed E-state index contributed by atoms with van der Waals surface area (Å²) in [5.74, 6) is -1.01. The van der Waals surface area contributed by atoms with Crippen molar-refractivity contribution in [2.75, 3.05) is 33.0 Å². The van der Waals surface area contributed by atoms with Crippen molar-refractivity contribution in [3.05, 3.63) is 71.8 Å². The molecule has 0 saturated heterocycles. The first-order valence-corrected chi connectivity index (χ1v) is 12.8. The van der Waals surface area contributed by atoms with Gasteiger partial charge in [-0.1, -0.05) is 60.7 Å². The summed E-state index contributed by atoms with van der Waals surface area (Å²) in [4.78, 5) is 26.7. The first kappa shape index (κ1) is 31.4. The van der Waals surface area contributed by atoms with E-state index in [0.717, 1.165) is 11.1 Å². The number of rotatable bonds is 14. The van der Waals surface area contributed by atoms with Crippen molar-refractivity contribution < 1.29 is 33.6 Å². The van der Waals surface area contributed by atoms with Crippen LogP contribution in [0.2, 0.25) is 0 Å². The Labute approximate surface area is 226 Å². The number of aliphatic hydroxyl groups excluding tert-OH is 1. The molecule has 38 heavy (non-hydrogen) atoms. The summed E-state index contributed by atoms with van der Waals surface area (Å²) >= 11 is 0. The Balaban J connectivity index is 2.30. The quantitative estimate of drug-likeness (QED) is 0.365. The Bertz CT molecular complexity index is 906. The molecule has 1 N–H and O–H groups in total. The zero-order valence-corrected chi connectivity index (χ0v) is 23.6. The van der Waals surface area contributed by atoms with Gasteiger partial charge in [-0.25, -0.2) is 9.59 Å². The van der Waals surface area contributed by atoms with Gasteiger partial charge in [0.15, 0.2) is 0 Å². The summed E-state index contributed by atoms with van der Waals surface area (Å²) in [5, 5.41) is 10.8. The van der Waals surface area contributed by atoms with Crippen LogP contribution in [0.15, 0.2) is 60.7 Å². The van der Waals surface area contributed by atoms with E-state index in [-0.39, 0.29) is 33.0 Å². The fourth-order valence-electron chi connectivity index (χ4n) is 3.81. The Morgan fingerprint density at radius 3 is 1.37 bits per heavy atom. The second kappa shape index (κ2) is 14.4. The first-order chi connectivity index (χ1) is 17.8. The minimum atomic E-state index is -1.07. The molecule has 0 aliphatic heterocycles. The lowest BCUT2D eigenvalue weighted by Crippen LogP contribution is -2.58. The van der Waals surface area contributed by atoms with E-state index >= 15 is 0 Å². The van der Waals surface area contributed by atoms with Gasteiger partial charge in [0.05, 0.1) is 25.4 Å². The van der Waals surface area contributed by atoms with Crippen LogP contribution in [0.3, 0.4) is 0 Å². The molecule has 210 valence electrons. The van der Waals surface area contributed by atoms with Crippen LogP contribution in [0.5, 0.6) is 0 Å². The second-order valence-electron chi connectivity index (χ2n) is 11.4. The average molecular weight is 530 g/mol. The smallest absolute Gasteiger partial charge is 0.332 e. The Kier molecular flexibility index (Phi) is 11.9. The van der Waals surface area contributed by atoms with Gasteiger partial charge in [-0.3, -0.25) is 4.90 Å². The zero-order chi connectivity index (χ0) is 28.2. The molecule has 0 saturated carbocycles. The molecule has 0 unspecified atom stereocenters. The predicted octanol–water partition coefficient (Wildman–Crippen LogP) is 4.14. The first-order valence-electron chi connectivity index (χ1n) is 12.8. The minimum Gasteiger partial charge on any atom is -0.458 e. The molecule has 0 aliphatic rings. The SMILES string of the molecule is CC(C)(C)OC(=O)COCC(CO)(COCC(=O)OC(C)(C)C)N(Cc1ccccc1)Cc1ccccc1. The molecule has 8 nitrogen and oxygen atoms in total. The molecule has 2 aromatic rings. The lowest BCUT2D eigenvalue weighted by Gasteiger charge is -2.42. The maximum Gasteiger partial charge on any atom is 0.332 e. The van der Waals surface area contributed by atoms with Gasteiger partial charge in [0.1, 0.15) is 24.4 Å². The number of hydrogen-bond donors (Lipinski definition) is 1. The molecule has 0 fully saturated rings. The lowest BCUT2D eigenvalue weighted by molar-refractivity contribution is -0.167. The van der Waals surface area contributed by atoms with Crippen LogP contribution in [0, 0.1) is 0 Å². The number of hydrogen-bond acceptors (Lipinski definition) is 8. The topological polar surface area (TPSA) is 94.5 Å². The third kappa shape index (κ3) is 11.7. The van der Waals surface area contributed by atoms with Crippen LogP contribution in [-0.2, 0) is 41.6 Å². The van der Waals surface area contributed by atoms with Gasteiger partial charge in [0.2, 0.25) is 0 Å². The fourth-order valence-corrected chi connectivity index (χ4v) is 3.81. The number of nitrogens with zero attached hydrogens (tertiary/aromatic N) is 1. The van der Waals surface area contributed by atoms with E-state index in [2.05, 4.69) is 4.90 Å². The number of benzene rings is 2. The number of esters is 2. The Hall–Kier alpha value is -2.78. The number of aliphatic hydroxyl groups is 1. The molecule has 8 heteroatoms. The second-order valence-corrected chi connectivity index (χ2v) is 11.4. The molecular formula is C30H43NO7. The van der Waals surface area contributed by atoms with Crippen LogP contribution < -0.4 is 0 Å². The monoisotopic (exact) mass is 529 g/mol. The van der Waals surface area contributed by atoms with E-state index in [4.69, 9.17) is 18.9 Å². The highest BCUT2D eigenvalue weighted by molar-refractivity contribution is 5.71. The van der Waals surface area contributed by atoms with Crippen molar-refractivity contribution in [2.24, 2.45) is 0 Å². The van der Waals surface area contributed by atoms with Crippen LogP contribution >= 0.6 is 0 Å². The van der Waals surface area contributed by atoms with E-state index < -0.39 is 28.7 Å². The molecule has 0 atom stereocenters. The van der Waals surface area contributed by atoms with Crippen molar-refractivity contribution in [1.29, 1.82) is 0 Å². The molecule has 0 aromatic heterocycles. The summed E-state index contributed by atoms with van der Waals surface area (Å²) in [7, 11) is 0. The molecule has 0 spiro atoms. The van der Waals surface area contributed by atoms with Gasteiger partial charge in [-0.2, -0.15) is 0 Å². The molecular weight excluding hydrogens is 486 g/mol. The molecule has 0 aliphatic carbocycles. The summed E-state index contributed by atoms with van der Waals surface area (Å²) < 4.78 is 22.4. The third-order valence-electron chi connectivity index (χ3n) is 5.42. The third-order valence-corrected chi connectivity index (χ3v) is 5.42. The lowest BCUT2D eigenvalue weighted by atomic mass is 9.97. The molecule has 2 rings (SSSR count). The van der Waals surface area contributed by atoms with Crippen LogP contribution in [0.25, 0.3) is 0 Å². The maximum absolute atomic E-state index is 12.3. The van der Waals surface area contributed by atoms with Crippen LogP contribution in [0.4, 0.5) is 0 Å². The highest BCUT2D eigenvalue weighted by Crippen LogP contribution is 2.24. The van der Waals surface area contributed by atoms with Crippen molar-refractivity contribution in [2.45, 2.75) is 71.4 Å². The summed E-state index contributed by atoms with van der Waals surface area (Å²) in [5.41, 5.74) is -0.300. The largest absolute Gasteiger partial charge is 0.458 e. The van der Waals surface area contributed by atoms with E-state index in [1.165, 1.54) is 0 Å². The molecule has 0 heterocycles. The highest BCUT2D eigenvalue weighted by atomic mass is 16.6. The van der Waals surface area contributed by atoms with Gasteiger partial charge in [0.25, 0.3) is 0 Å². The van der Waals surface area contributed by atoms with Crippen molar-refractivity contribution in [1.82, 2.24) is 4.90 Å². The van der Waals surface area contributed by atoms with Gasteiger partial charge >= 0.3 is 11.9 Å². The summed E-state index contributed by atoms with van der Waals surface area (Å²) in [6.45, 7) is 10.7. The normalized spacial score (nSPS) is 12.4.